The fourth-order valence-corrected chi connectivity index (χ4v) is 5.45. The van der Waals surface area contributed by atoms with Crippen molar-refractivity contribution < 1.29 is 24.2 Å². The number of hydrogen-bond donors (Lipinski definition) is 1. The minimum absolute atomic E-state index is 0.0637. The van der Waals surface area contributed by atoms with Crippen LogP contribution in [0.4, 0.5) is 0 Å². The fraction of sp³-hybridized carbons (Fsp3) is 0.474. The first-order chi connectivity index (χ1) is 11.9. The largest absolute Gasteiger partial charge is 0.493 e. The molecule has 1 amide bonds. The maximum Gasteiger partial charge on any atom is 0.219 e. The van der Waals surface area contributed by atoms with E-state index in [-0.39, 0.29) is 11.7 Å². The highest BCUT2D eigenvalue weighted by Gasteiger charge is 2.72. The second kappa shape index (κ2) is 4.43. The van der Waals surface area contributed by atoms with E-state index in [1.165, 1.54) is 13.0 Å². The van der Waals surface area contributed by atoms with Crippen molar-refractivity contribution in [3.8, 4) is 11.5 Å². The van der Waals surface area contributed by atoms with Gasteiger partial charge in [-0.3, -0.25) is 9.59 Å². The molecule has 1 spiro atoms. The van der Waals surface area contributed by atoms with Crippen LogP contribution in [-0.4, -0.2) is 53.1 Å². The lowest BCUT2D eigenvalue weighted by Gasteiger charge is -2.60. The maximum atomic E-state index is 12.6. The Morgan fingerprint density at radius 2 is 2.24 bits per heavy atom. The summed E-state index contributed by atoms with van der Waals surface area (Å²) in [5.74, 6) is 0.928. The molecule has 5 rings (SSSR count). The van der Waals surface area contributed by atoms with E-state index in [4.69, 9.17) is 9.47 Å². The fourth-order valence-electron chi connectivity index (χ4n) is 5.45. The number of carbonyl (C=O) groups is 2. The smallest absolute Gasteiger partial charge is 0.219 e. The van der Waals surface area contributed by atoms with Crippen LogP contribution in [0.5, 0.6) is 11.5 Å². The van der Waals surface area contributed by atoms with Gasteiger partial charge in [-0.15, -0.1) is 0 Å². The quantitative estimate of drug-likeness (QED) is 0.815. The predicted octanol–water partition coefficient (Wildman–Crippen LogP) is 0.741. The molecule has 25 heavy (non-hydrogen) atoms. The summed E-state index contributed by atoms with van der Waals surface area (Å²) >= 11 is 0. The monoisotopic (exact) mass is 341 g/mol. The van der Waals surface area contributed by atoms with Crippen molar-refractivity contribution in [1.29, 1.82) is 0 Å². The van der Waals surface area contributed by atoms with Crippen LogP contribution in [-0.2, 0) is 21.4 Å². The third-order valence-corrected chi connectivity index (χ3v) is 6.48. The highest BCUT2D eigenvalue weighted by atomic mass is 16.5. The van der Waals surface area contributed by atoms with Gasteiger partial charge >= 0.3 is 0 Å². The summed E-state index contributed by atoms with van der Waals surface area (Å²) in [6, 6.07) is 3.39. The van der Waals surface area contributed by atoms with Gasteiger partial charge in [0.05, 0.1) is 18.6 Å². The van der Waals surface area contributed by atoms with Crippen molar-refractivity contribution in [2.75, 3.05) is 13.7 Å². The van der Waals surface area contributed by atoms with Crippen LogP contribution < -0.4 is 9.47 Å². The minimum atomic E-state index is -1.32. The van der Waals surface area contributed by atoms with Gasteiger partial charge in [0.1, 0.15) is 5.60 Å². The van der Waals surface area contributed by atoms with E-state index in [1.807, 2.05) is 12.1 Å². The molecule has 2 heterocycles. The SMILES string of the molecule is COc1ccc2c3c1OC1C(=O)C=C[C@@]4(O)[C@@H](C2)N(C(C)=O)CC[C@]314. The van der Waals surface area contributed by atoms with Crippen molar-refractivity contribution in [2.45, 2.75) is 42.9 Å². The van der Waals surface area contributed by atoms with E-state index >= 15 is 0 Å². The Bertz CT molecular complexity index is 862. The zero-order chi connectivity index (χ0) is 17.6. The molecule has 0 aromatic heterocycles. The summed E-state index contributed by atoms with van der Waals surface area (Å²) in [5, 5.41) is 11.8. The molecular weight excluding hydrogens is 322 g/mol. The molecule has 6 heteroatoms. The van der Waals surface area contributed by atoms with Gasteiger partial charge in [-0.05, 0) is 36.6 Å². The number of nitrogens with zero attached hydrogens (tertiary/aromatic N) is 1. The highest BCUT2D eigenvalue weighted by Crippen LogP contribution is 2.63. The first kappa shape index (κ1) is 15.0. The molecule has 1 saturated heterocycles. The van der Waals surface area contributed by atoms with Crippen LogP contribution in [0.3, 0.4) is 0 Å². The van der Waals surface area contributed by atoms with E-state index in [2.05, 4.69) is 0 Å². The Kier molecular flexibility index (Phi) is 2.65. The molecule has 4 aliphatic rings. The van der Waals surface area contributed by atoms with Crippen LogP contribution >= 0.6 is 0 Å². The molecule has 1 aromatic rings. The lowest BCUT2D eigenvalue weighted by Crippen LogP contribution is -2.75. The number of rotatable bonds is 1. The molecule has 6 nitrogen and oxygen atoms in total. The van der Waals surface area contributed by atoms with E-state index in [1.54, 1.807) is 18.1 Å². The summed E-state index contributed by atoms with van der Waals surface area (Å²) in [6.45, 7) is 2.02. The molecular formula is C19H19NO5. The molecule has 0 radical (unpaired) electrons. The van der Waals surface area contributed by atoms with Crippen LogP contribution in [0.15, 0.2) is 24.3 Å². The number of hydrogen-bond acceptors (Lipinski definition) is 5. The molecule has 130 valence electrons. The lowest BCUT2D eigenvalue weighted by molar-refractivity contribution is -0.165. The number of ether oxygens (including phenoxy) is 2. The number of ketones is 1. The molecule has 1 fully saturated rings. The number of piperidine rings is 1. The summed E-state index contributed by atoms with van der Waals surface area (Å²) in [7, 11) is 1.57. The van der Waals surface area contributed by atoms with Gasteiger partial charge in [-0.1, -0.05) is 6.07 Å². The normalized spacial score (nSPS) is 36.8. The Morgan fingerprint density at radius 3 is 2.96 bits per heavy atom. The van der Waals surface area contributed by atoms with Crippen molar-refractivity contribution in [3.63, 3.8) is 0 Å². The second-order valence-electron chi connectivity index (χ2n) is 7.34. The molecule has 4 atom stereocenters. The second-order valence-corrected chi connectivity index (χ2v) is 7.34. The average molecular weight is 341 g/mol. The molecule has 2 aliphatic carbocycles. The standard InChI is InChI=1S/C19H19NO5/c1-10(21)20-8-7-18-15-11-3-4-13(24-2)16(15)25-17(18)12(22)5-6-19(18,23)14(20)9-11/h3-6,14,17,23H,7-9H2,1-2H3/t14-,17?,18+,19-/m1/s1. The molecule has 2 aliphatic heterocycles. The van der Waals surface area contributed by atoms with Gasteiger partial charge in [0.2, 0.25) is 5.91 Å². The van der Waals surface area contributed by atoms with E-state index in [9.17, 15) is 14.7 Å². The molecule has 1 unspecified atom stereocenters. The highest BCUT2D eigenvalue weighted by molar-refractivity contribution is 5.99. The number of methoxy groups -OCH3 is 1. The van der Waals surface area contributed by atoms with Gasteiger partial charge in [0.25, 0.3) is 0 Å². The topological polar surface area (TPSA) is 76.1 Å². The first-order valence-electron chi connectivity index (χ1n) is 8.53. The Balaban J connectivity index is 1.85. The number of amides is 1. The first-order valence-corrected chi connectivity index (χ1v) is 8.53. The summed E-state index contributed by atoms with van der Waals surface area (Å²) in [6.07, 6.45) is 3.23. The Labute approximate surface area is 145 Å². The summed E-state index contributed by atoms with van der Waals surface area (Å²) in [4.78, 5) is 26.5. The van der Waals surface area contributed by atoms with Crippen molar-refractivity contribution in [1.82, 2.24) is 4.90 Å². The van der Waals surface area contributed by atoms with Gasteiger partial charge < -0.3 is 19.5 Å². The van der Waals surface area contributed by atoms with Crippen LogP contribution in [0.25, 0.3) is 0 Å². The van der Waals surface area contributed by atoms with Gasteiger partial charge in [-0.2, -0.15) is 0 Å². The summed E-state index contributed by atoms with van der Waals surface area (Å²) < 4.78 is 11.5. The Morgan fingerprint density at radius 1 is 1.44 bits per heavy atom. The van der Waals surface area contributed by atoms with Crippen LogP contribution in [0.1, 0.15) is 24.5 Å². The molecule has 1 aromatic carbocycles. The van der Waals surface area contributed by atoms with Gasteiger partial charge in [0.15, 0.2) is 23.4 Å². The minimum Gasteiger partial charge on any atom is -0.493 e. The third-order valence-electron chi connectivity index (χ3n) is 6.48. The lowest BCUT2D eigenvalue weighted by atomic mass is 9.51. The molecule has 0 saturated carbocycles. The molecule has 2 bridgehead atoms. The van der Waals surface area contributed by atoms with E-state index in [0.717, 1.165) is 11.1 Å². The van der Waals surface area contributed by atoms with Gasteiger partial charge in [0, 0.05) is 19.0 Å². The van der Waals surface area contributed by atoms with Crippen LogP contribution in [0, 0.1) is 0 Å². The zero-order valence-corrected chi connectivity index (χ0v) is 14.1. The number of carbonyl (C=O) groups excluding carboxylic acids is 2. The Hall–Kier alpha value is -2.34. The van der Waals surface area contributed by atoms with Crippen molar-refractivity contribution in [3.05, 3.63) is 35.4 Å². The maximum absolute atomic E-state index is 12.6. The number of benzene rings is 1. The predicted molar refractivity (Wildman–Crippen MR) is 87.7 cm³/mol. The zero-order valence-electron chi connectivity index (χ0n) is 14.1. The molecule has 1 N–H and O–H groups in total. The van der Waals surface area contributed by atoms with E-state index in [0.29, 0.717) is 30.9 Å². The van der Waals surface area contributed by atoms with E-state index < -0.39 is 23.2 Å². The van der Waals surface area contributed by atoms with Gasteiger partial charge in [-0.25, -0.2) is 0 Å². The average Bonchev–Trinajstić information content (AvgIpc) is 2.92. The van der Waals surface area contributed by atoms with Crippen molar-refractivity contribution in [2.24, 2.45) is 0 Å². The van der Waals surface area contributed by atoms with Crippen molar-refractivity contribution >= 4 is 11.7 Å². The number of aliphatic hydroxyl groups is 1. The summed E-state index contributed by atoms with van der Waals surface area (Å²) in [5.41, 5.74) is -0.272. The van der Waals surface area contributed by atoms with Crippen LogP contribution in [0.2, 0.25) is 0 Å². The number of likely N-dealkylation sites (tertiary alicyclic amines) is 1. The third kappa shape index (κ3) is 1.46.